The van der Waals surface area contributed by atoms with Crippen LogP contribution in [-0.4, -0.2) is 13.6 Å². The van der Waals surface area contributed by atoms with Crippen molar-refractivity contribution >= 4 is 0 Å². The van der Waals surface area contributed by atoms with Crippen molar-refractivity contribution in [2.24, 2.45) is 5.92 Å². The van der Waals surface area contributed by atoms with Gasteiger partial charge < -0.3 is 5.32 Å². The molecule has 2 aromatic carbocycles. The first-order valence-electron chi connectivity index (χ1n) is 6.81. The van der Waals surface area contributed by atoms with Gasteiger partial charge in [0.1, 0.15) is 11.6 Å². The molecule has 20 heavy (non-hydrogen) atoms. The third-order valence-electron chi connectivity index (χ3n) is 3.31. The molecule has 1 unspecified atom stereocenters. The van der Waals surface area contributed by atoms with Gasteiger partial charge in [-0.15, -0.1) is 0 Å². The fourth-order valence-corrected chi connectivity index (χ4v) is 2.51. The van der Waals surface area contributed by atoms with E-state index in [1.165, 1.54) is 17.7 Å². The highest BCUT2D eigenvalue weighted by Crippen LogP contribution is 2.16. The van der Waals surface area contributed by atoms with Crippen LogP contribution in [0.5, 0.6) is 0 Å². The lowest BCUT2D eigenvalue weighted by Crippen LogP contribution is -2.22. The molecule has 2 rings (SSSR count). The van der Waals surface area contributed by atoms with Crippen molar-refractivity contribution in [3.05, 3.63) is 71.3 Å². The number of benzene rings is 2. The summed E-state index contributed by atoms with van der Waals surface area (Å²) in [5.74, 6) is -0.713. The van der Waals surface area contributed by atoms with Crippen molar-refractivity contribution < 1.29 is 8.78 Å². The zero-order valence-electron chi connectivity index (χ0n) is 11.6. The summed E-state index contributed by atoms with van der Waals surface area (Å²) < 4.78 is 26.5. The summed E-state index contributed by atoms with van der Waals surface area (Å²) >= 11 is 0. The average Bonchev–Trinajstić information content (AvgIpc) is 2.39. The molecule has 0 spiro atoms. The lowest BCUT2D eigenvalue weighted by molar-refractivity contribution is 0.489. The van der Waals surface area contributed by atoms with Crippen LogP contribution in [0.4, 0.5) is 8.78 Å². The normalized spacial score (nSPS) is 12.3. The molecule has 1 atom stereocenters. The van der Waals surface area contributed by atoms with Gasteiger partial charge in [0.15, 0.2) is 0 Å². The summed E-state index contributed by atoms with van der Waals surface area (Å²) in [6, 6.07) is 13.9. The standard InChI is InChI=1S/C17H19F2N/c1-20-12-15(7-13-5-3-2-4-6-13)8-14-9-16(18)11-17(19)10-14/h2-6,9-11,15,20H,7-8,12H2,1H3. The topological polar surface area (TPSA) is 12.0 Å². The summed E-state index contributed by atoms with van der Waals surface area (Å²) in [7, 11) is 1.89. The van der Waals surface area contributed by atoms with E-state index in [1.807, 2.05) is 25.2 Å². The van der Waals surface area contributed by atoms with Gasteiger partial charge in [-0.05, 0) is 55.6 Å². The van der Waals surface area contributed by atoms with Gasteiger partial charge in [-0.2, -0.15) is 0 Å². The summed E-state index contributed by atoms with van der Waals surface area (Å²) in [4.78, 5) is 0. The smallest absolute Gasteiger partial charge is 0.126 e. The zero-order valence-corrected chi connectivity index (χ0v) is 11.6. The minimum atomic E-state index is -0.511. The maximum Gasteiger partial charge on any atom is 0.126 e. The van der Waals surface area contributed by atoms with Crippen LogP contribution in [0, 0.1) is 17.6 Å². The van der Waals surface area contributed by atoms with Crippen LogP contribution in [0.2, 0.25) is 0 Å². The van der Waals surface area contributed by atoms with Gasteiger partial charge in [0.2, 0.25) is 0 Å². The molecule has 2 aromatic rings. The third-order valence-corrected chi connectivity index (χ3v) is 3.31. The van der Waals surface area contributed by atoms with E-state index in [1.54, 1.807) is 0 Å². The van der Waals surface area contributed by atoms with Crippen molar-refractivity contribution in [3.63, 3.8) is 0 Å². The summed E-state index contributed by atoms with van der Waals surface area (Å²) in [5, 5.41) is 3.15. The van der Waals surface area contributed by atoms with E-state index in [0.717, 1.165) is 19.0 Å². The quantitative estimate of drug-likeness (QED) is 0.849. The highest BCUT2D eigenvalue weighted by Gasteiger charge is 2.11. The Bertz CT molecular complexity index is 520. The lowest BCUT2D eigenvalue weighted by atomic mass is 9.92. The Morgan fingerprint density at radius 2 is 1.50 bits per heavy atom. The second kappa shape index (κ2) is 7.15. The van der Waals surface area contributed by atoms with E-state index >= 15 is 0 Å². The molecular formula is C17H19F2N. The molecule has 106 valence electrons. The first-order chi connectivity index (χ1) is 9.67. The van der Waals surface area contributed by atoms with Gasteiger partial charge in [0, 0.05) is 6.07 Å². The predicted octanol–water partition coefficient (Wildman–Crippen LogP) is 3.59. The molecule has 0 heterocycles. The Hall–Kier alpha value is -1.74. The van der Waals surface area contributed by atoms with Crippen molar-refractivity contribution in [1.82, 2.24) is 5.32 Å². The maximum absolute atomic E-state index is 13.2. The van der Waals surface area contributed by atoms with Crippen LogP contribution < -0.4 is 5.32 Å². The molecule has 0 aromatic heterocycles. The molecule has 0 fully saturated rings. The largest absolute Gasteiger partial charge is 0.319 e. The van der Waals surface area contributed by atoms with Crippen molar-refractivity contribution in [1.29, 1.82) is 0 Å². The zero-order chi connectivity index (χ0) is 14.4. The SMILES string of the molecule is CNCC(Cc1ccccc1)Cc1cc(F)cc(F)c1. The van der Waals surface area contributed by atoms with Gasteiger partial charge in [-0.3, -0.25) is 0 Å². The van der Waals surface area contributed by atoms with E-state index in [0.29, 0.717) is 17.9 Å². The van der Waals surface area contributed by atoms with Gasteiger partial charge in [-0.25, -0.2) is 8.78 Å². The van der Waals surface area contributed by atoms with Crippen LogP contribution in [0.1, 0.15) is 11.1 Å². The lowest BCUT2D eigenvalue weighted by Gasteiger charge is -2.17. The van der Waals surface area contributed by atoms with Crippen LogP contribution in [0.3, 0.4) is 0 Å². The second-order valence-electron chi connectivity index (χ2n) is 5.10. The number of rotatable bonds is 6. The molecule has 3 heteroatoms. The Kier molecular flexibility index (Phi) is 5.24. The van der Waals surface area contributed by atoms with Crippen LogP contribution in [0.25, 0.3) is 0 Å². The summed E-state index contributed by atoms with van der Waals surface area (Å²) in [6.07, 6.45) is 1.55. The number of nitrogens with one attached hydrogen (secondary N) is 1. The molecule has 0 saturated heterocycles. The van der Waals surface area contributed by atoms with Gasteiger partial charge in [-0.1, -0.05) is 30.3 Å². The maximum atomic E-state index is 13.2. The van der Waals surface area contributed by atoms with Crippen LogP contribution >= 0.6 is 0 Å². The highest BCUT2D eigenvalue weighted by molar-refractivity contribution is 5.20. The molecule has 0 amide bonds. The van der Waals surface area contributed by atoms with Gasteiger partial charge in [0.05, 0.1) is 0 Å². The first kappa shape index (κ1) is 14.7. The van der Waals surface area contributed by atoms with Crippen molar-refractivity contribution in [2.75, 3.05) is 13.6 Å². The van der Waals surface area contributed by atoms with E-state index < -0.39 is 11.6 Å². The molecular weight excluding hydrogens is 256 g/mol. The molecule has 0 saturated carbocycles. The third kappa shape index (κ3) is 4.42. The molecule has 0 bridgehead atoms. The van der Waals surface area contributed by atoms with E-state index in [4.69, 9.17) is 0 Å². The monoisotopic (exact) mass is 275 g/mol. The molecule has 0 aliphatic heterocycles. The van der Waals surface area contributed by atoms with Crippen LogP contribution in [-0.2, 0) is 12.8 Å². The molecule has 0 aliphatic rings. The predicted molar refractivity (Wildman–Crippen MR) is 77.6 cm³/mol. The van der Waals surface area contributed by atoms with E-state index in [-0.39, 0.29) is 0 Å². The number of hydrogen-bond acceptors (Lipinski definition) is 1. The Labute approximate surface area is 118 Å². The first-order valence-corrected chi connectivity index (χ1v) is 6.81. The van der Waals surface area contributed by atoms with Crippen molar-refractivity contribution in [2.45, 2.75) is 12.8 Å². The highest BCUT2D eigenvalue weighted by atomic mass is 19.1. The summed E-state index contributed by atoms with van der Waals surface area (Å²) in [5.41, 5.74) is 1.95. The minimum absolute atomic E-state index is 0.309. The Balaban J connectivity index is 2.08. The summed E-state index contributed by atoms with van der Waals surface area (Å²) in [6.45, 7) is 0.813. The van der Waals surface area contributed by atoms with E-state index in [9.17, 15) is 8.78 Å². The Morgan fingerprint density at radius 1 is 0.900 bits per heavy atom. The number of halogens is 2. The fraction of sp³-hybridized carbons (Fsp3) is 0.294. The molecule has 0 aliphatic carbocycles. The molecule has 0 radical (unpaired) electrons. The number of hydrogen-bond donors (Lipinski definition) is 1. The van der Waals surface area contributed by atoms with Gasteiger partial charge in [0.25, 0.3) is 0 Å². The van der Waals surface area contributed by atoms with Crippen LogP contribution in [0.15, 0.2) is 48.5 Å². The Morgan fingerprint density at radius 3 is 2.10 bits per heavy atom. The van der Waals surface area contributed by atoms with Gasteiger partial charge >= 0.3 is 0 Å². The average molecular weight is 275 g/mol. The molecule has 1 nitrogen and oxygen atoms in total. The minimum Gasteiger partial charge on any atom is -0.319 e. The fourth-order valence-electron chi connectivity index (χ4n) is 2.51. The van der Waals surface area contributed by atoms with Crippen molar-refractivity contribution in [3.8, 4) is 0 Å². The second-order valence-corrected chi connectivity index (χ2v) is 5.10. The van der Waals surface area contributed by atoms with E-state index in [2.05, 4.69) is 17.4 Å². The molecule has 1 N–H and O–H groups in total.